The number of methoxy groups -OCH3 is 2. The molecule has 2 atom stereocenters. The van der Waals surface area contributed by atoms with E-state index in [1.54, 1.807) is 14.2 Å². The fraction of sp³-hybridized carbons (Fsp3) is 1.00. The van der Waals surface area contributed by atoms with Crippen molar-refractivity contribution >= 4 is 81.6 Å². The maximum Gasteiger partial charge on any atom is 0.134 e. The fourth-order valence-corrected chi connectivity index (χ4v) is 22.0. The molecule has 0 rings (SSSR count). The topological polar surface area (TPSA) is 55.4 Å². The second-order valence-electron chi connectivity index (χ2n) is 8.09. The average molecular weight is 659 g/mol. The van der Waals surface area contributed by atoms with Crippen LogP contribution in [-0.4, -0.2) is 103 Å². The highest BCUT2D eigenvalue weighted by molar-refractivity contribution is 9.29. The lowest BCUT2D eigenvalue weighted by Gasteiger charge is -2.27. The third kappa shape index (κ3) is 21.9. The lowest BCUT2D eigenvalue weighted by atomic mass is 10.6. The van der Waals surface area contributed by atoms with Crippen LogP contribution in [0.15, 0.2) is 0 Å². The molecule has 0 N–H and O–H groups in total. The van der Waals surface area contributed by atoms with Gasteiger partial charge < -0.3 is 28.4 Å². The molecule has 0 amide bonds. The second kappa shape index (κ2) is 28.7. The van der Waals surface area contributed by atoms with Gasteiger partial charge in [0.1, 0.15) is 17.7 Å². The maximum absolute atomic E-state index is 5.77. The molecule has 0 aliphatic heterocycles. The Labute approximate surface area is 248 Å². The van der Waals surface area contributed by atoms with Gasteiger partial charge in [0, 0.05) is 51.0 Å². The van der Waals surface area contributed by atoms with Crippen molar-refractivity contribution in [3.8, 4) is 0 Å². The maximum atomic E-state index is 5.77. The standard InChI is InChI=1S/C22H54O6S5Si3/c1-7-25-21(26-8-2)34-16-11-14-30-31-32-33(19(29)13-18-36-20(23-5)24-6)15-12-17-35-22(27-9-3)28-10-4/h19-22,29,33H,7-18,34-36H2,1-6H3. The van der Waals surface area contributed by atoms with Gasteiger partial charge in [-0.05, 0) is 72.4 Å². The highest BCUT2D eigenvalue weighted by Gasteiger charge is 2.18. The number of thiol groups is 2. The third-order valence-corrected chi connectivity index (χ3v) is 22.7. The van der Waals surface area contributed by atoms with E-state index >= 15 is 0 Å². The van der Waals surface area contributed by atoms with Crippen LogP contribution in [0.5, 0.6) is 0 Å². The summed E-state index contributed by atoms with van der Waals surface area (Å²) in [5.74, 6) is 2.68. The summed E-state index contributed by atoms with van der Waals surface area (Å²) >= 11 is 5.08. The van der Waals surface area contributed by atoms with E-state index in [-0.39, 0.29) is 46.7 Å². The molecule has 0 saturated heterocycles. The Balaban J connectivity index is 4.43. The molecule has 0 heterocycles. The molecular weight excluding hydrogens is 605 g/mol. The van der Waals surface area contributed by atoms with E-state index in [9.17, 15) is 0 Å². The van der Waals surface area contributed by atoms with Crippen molar-refractivity contribution in [2.24, 2.45) is 0 Å². The van der Waals surface area contributed by atoms with Crippen molar-refractivity contribution < 1.29 is 28.4 Å². The molecule has 0 aliphatic rings. The van der Waals surface area contributed by atoms with Crippen LogP contribution in [0.4, 0.5) is 0 Å². The van der Waals surface area contributed by atoms with Crippen LogP contribution in [0.2, 0.25) is 18.1 Å². The zero-order valence-electron chi connectivity index (χ0n) is 23.5. The van der Waals surface area contributed by atoms with E-state index in [1.807, 2.05) is 34.5 Å². The van der Waals surface area contributed by atoms with E-state index in [1.165, 1.54) is 48.9 Å². The van der Waals surface area contributed by atoms with Crippen molar-refractivity contribution in [3.63, 3.8) is 0 Å². The minimum atomic E-state index is -0.391. The van der Waals surface area contributed by atoms with Gasteiger partial charge in [-0.3, -0.25) is 0 Å². The predicted molar refractivity (Wildman–Crippen MR) is 180 cm³/mol. The molecule has 0 spiro atoms. The van der Waals surface area contributed by atoms with Crippen LogP contribution in [0.3, 0.4) is 0 Å². The summed E-state index contributed by atoms with van der Waals surface area (Å²) in [7, 11) is 8.32. The molecule has 0 aliphatic carbocycles. The molecule has 36 heavy (non-hydrogen) atoms. The lowest BCUT2D eigenvalue weighted by molar-refractivity contribution is -0.0829. The van der Waals surface area contributed by atoms with Crippen molar-refractivity contribution in [2.75, 3.05) is 52.2 Å². The number of ether oxygens (including phenoxy) is 6. The number of hydrogen-bond acceptors (Lipinski definition) is 10. The van der Waals surface area contributed by atoms with Gasteiger partial charge in [0.15, 0.2) is 0 Å². The number of rotatable bonds is 28. The van der Waals surface area contributed by atoms with Gasteiger partial charge in [0.25, 0.3) is 0 Å². The molecular formula is C22H54O6S5Si3. The highest BCUT2D eigenvalue weighted by Crippen LogP contribution is 2.58. The van der Waals surface area contributed by atoms with Crippen LogP contribution < -0.4 is 0 Å². The summed E-state index contributed by atoms with van der Waals surface area (Å²) in [6.07, 6.45) is 3.69. The van der Waals surface area contributed by atoms with Gasteiger partial charge in [0.05, 0.1) is 28.6 Å². The Morgan fingerprint density at radius 3 is 1.72 bits per heavy atom. The summed E-state index contributed by atoms with van der Waals surface area (Å²) < 4.78 is 34.3. The minimum Gasteiger partial charge on any atom is -0.360 e. The summed E-state index contributed by atoms with van der Waals surface area (Å²) in [5, 5.41) is 0. The Morgan fingerprint density at radius 1 is 0.722 bits per heavy atom. The molecule has 14 heteroatoms. The van der Waals surface area contributed by atoms with E-state index in [4.69, 9.17) is 41.0 Å². The summed E-state index contributed by atoms with van der Waals surface area (Å²) in [6.45, 7) is 11.2. The third-order valence-electron chi connectivity index (χ3n) is 5.33. The Kier molecular flexibility index (Phi) is 30.4. The van der Waals surface area contributed by atoms with E-state index in [2.05, 4.69) is 23.7 Å². The number of hydrogen-bond donors (Lipinski definition) is 2. The monoisotopic (exact) mass is 658 g/mol. The molecule has 0 bridgehead atoms. The molecule has 0 aromatic rings. The minimum absolute atomic E-state index is 0.0306. The van der Waals surface area contributed by atoms with Crippen molar-refractivity contribution in [1.82, 2.24) is 0 Å². The van der Waals surface area contributed by atoms with Crippen molar-refractivity contribution in [2.45, 2.75) is 87.4 Å². The molecule has 0 radical (unpaired) electrons. The Bertz CT molecular complexity index is 452. The summed E-state index contributed by atoms with van der Waals surface area (Å²) in [4.78, 5) is 0. The van der Waals surface area contributed by atoms with Crippen molar-refractivity contribution in [1.29, 1.82) is 0 Å². The van der Waals surface area contributed by atoms with E-state index in [0.29, 0.717) is 4.58 Å². The zero-order valence-corrected chi connectivity index (χ0v) is 32.0. The van der Waals surface area contributed by atoms with Crippen LogP contribution in [0.25, 0.3) is 0 Å². The SMILES string of the molecule is CCOC(OCC)[SiH2]CCCSSS[SH](CCC[SiH2]C(OCC)OCC)C(S)CC[SiH2]C(OC)OC. The zero-order chi connectivity index (χ0) is 26.9. The first kappa shape index (κ1) is 38.2. The molecule has 6 nitrogen and oxygen atoms in total. The van der Waals surface area contributed by atoms with Gasteiger partial charge in [-0.2, -0.15) is 22.6 Å². The molecule has 2 unspecified atom stereocenters. The summed E-state index contributed by atoms with van der Waals surface area (Å²) in [6, 6.07) is 3.77. The van der Waals surface area contributed by atoms with Gasteiger partial charge in [-0.15, -0.1) is 0 Å². The molecule has 0 aromatic heterocycles. The quantitative estimate of drug-likeness (QED) is 0.0419. The second-order valence-corrected chi connectivity index (χ2v) is 23.3. The predicted octanol–water partition coefficient (Wildman–Crippen LogP) is 4.41. The first-order valence-corrected chi connectivity index (χ1v) is 25.3. The van der Waals surface area contributed by atoms with E-state index < -0.39 is 9.52 Å². The van der Waals surface area contributed by atoms with Gasteiger partial charge in [0.2, 0.25) is 0 Å². The van der Waals surface area contributed by atoms with E-state index in [0.717, 1.165) is 26.4 Å². The van der Waals surface area contributed by atoms with Crippen LogP contribution in [0, 0.1) is 0 Å². The van der Waals surface area contributed by atoms with Gasteiger partial charge in [-0.25, -0.2) is 0 Å². The first-order valence-electron chi connectivity index (χ1n) is 13.5. The molecule has 220 valence electrons. The van der Waals surface area contributed by atoms with Crippen LogP contribution >= 0.6 is 53.0 Å². The van der Waals surface area contributed by atoms with Gasteiger partial charge in [-0.1, -0.05) is 28.9 Å². The fourth-order valence-electron chi connectivity index (χ4n) is 3.50. The summed E-state index contributed by atoms with van der Waals surface area (Å²) in [5.41, 5.74) is 0. The largest absolute Gasteiger partial charge is 0.360 e. The molecule has 0 fully saturated rings. The first-order chi connectivity index (χ1) is 17.6. The Hall–Kier alpha value is 2.16. The highest BCUT2D eigenvalue weighted by atomic mass is 33.7. The lowest BCUT2D eigenvalue weighted by Crippen LogP contribution is -2.24. The average Bonchev–Trinajstić information content (AvgIpc) is 2.87. The molecule has 0 aromatic carbocycles. The Morgan fingerprint density at radius 2 is 1.22 bits per heavy atom. The molecule has 0 saturated carbocycles. The smallest absolute Gasteiger partial charge is 0.134 e. The van der Waals surface area contributed by atoms with Crippen LogP contribution in [0.1, 0.15) is 47.0 Å². The van der Waals surface area contributed by atoms with Crippen molar-refractivity contribution in [3.05, 3.63) is 0 Å². The van der Waals surface area contributed by atoms with Crippen LogP contribution in [-0.2, 0) is 28.4 Å². The van der Waals surface area contributed by atoms with Gasteiger partial charge >= 0.3 is 0 Å². The normalized spacial score (nSPS) is 15.3.